The number of methoxy groups -OCH3 is 1. The standard InChI is InChI=1S/C19H34O3/c1-3-4-5-6-8-11-14-17-18(22-17)15-12-9-7-10-13-16-19(20)21-2/h8,11,17-18H,3-7,9-10,12-16H2,1-2H3. The lowest BCUT2D eigenvalue weighted by Crippen LogP contribution is -1.99. The third kappa shape index (κ3) is 9.99. The molecule has 1 aliphatic heterocycles. The van der Waals surface area contributed by atoms with Gasteiger partial charge in [0.1, 0.15) is 0 Å². The van der Waals surface area contributed by atoms with E-state index in [0.29, 0.717) is 18.6 Å². The molecule has 1 rings (SSSR count). The molecule has 0 saturated carbocycles. The zero-order valence-corrected chi connectivity index (χ0v) is 14.5. The fourth-order valence-corrected chi connectivity index (χ4v) is 2.75. The molecule has 1 heterocycles. The van der Waals surface area contributed by atoms with Gasteiger partial charge in [0.15, 0.2) is 0 Å². The molecular weight excluding hydrogens is 276 g/mol. The van der Waals surface area contributed by atoms with Crippen molar-refractivity contribution in [2.24, 2.45) is 0 Å². The zero-order valence-electron chi connectivity index (χ0n) is 14.5. The summed E-state index contributed by atoms with van der Waals surface area (Å²) in [4.78, 5) is 10.9. The van der Waals surface area contributed by atoms with Crippen molar-refractivity contribution >= 4 is 5.97 Å². The Morgan fingerprint density at radius 3 is 2.55 bits per heavy atom. The monoisotopic (exact) mass is 310 g/mol. The molecule has 1 fully saturated rings. The van der Waals surface area contributed by atoms with Crippen LogP contribution in [0, 0.1) is 0 Å². The lowest BCUT2D eigenvalue weighted by atomic mass is 10.1. The molecule has 0 spiro atoms. The second-order valence-electron chi connectivity index (χ2n) is 6.30. The maximum absolute atomic E-state index is 10.9. The predicted molar refractivity (Wildman–Crippen MR) is 90.9 cm³/mol. The number of carbonyl (C=O) groups is 1. The fourth-order valence-electron chi connectivity index (χ4n) is 2.75. The van der Waals surface area contributed by atoms with Gasteiger partial charge in [-0.05, 0) is 32.1 Å². The van der Waals surface area contributed by atoms with Crippen LogP contribution in [0.1, 0.15) is 84.0 Å². The van der Waals surface area contributed by atoms with E-state index < -0.39 is 0 Å². The SMILES string of the molecule is CCCCCC=CCC1OC1CCCCCCCC(=O)OC. The van der Waals surface area contributed by atoms with E-state index in [1.165, 1.54) is 58.5 Å². The Bertz CT molecular complexity index is 312. The number of hydrogen-bond acceptors (Lipinski definition) is 3. The van der Waals surface area contributed by atoms with Gasteiger partial charge in [-0.1, -0.05) is 57.6 Å². The first-order chi connectivity index (χ1) is 10.8. The molecule has 1 aliphatic rings. The van der Waals surface area contributed by atoms with Gasteiger partial charge >= 0.3 is 5.97 Å². The van der Waals surface area contributed by atoms with Crippen LogP contribution in [0.3, 0.4) is 0 Å². The van der Waals surface area contributed by atoms with Gasteiger partial charge in [0.25, 0.3) is 0 Å². The topological polar surface area (TPSA) is 38.8 Å². The van der Waals surface area contributed by atoms with Crippen LogP contribution in [0.15, 0.2) is 12.2 Å². The first-order valence-electron chi connectivity index (χ1n) is 9.15. The fraction of sp³-hybridized carbons (Fsp3) is 0.842. The minimum atomic E-state index is -0.0861. The molecule has 3 nitrogen and oxygen atoms in total. The van der Waals surface area contributed by atoms with Crippen LogP contribution in [0.5, 0.6) is 0 Å². The molecule has 0 aromatic carbocycles. The van der Waals surface area contributed by atoms with E-state index in [9.17, 15) is 4.79 Å². The predicted octanol–water partition coefficient (Wildman–Crippen LogP) is 5.18. The number of epoxide rings is 1. The minimum Gasteiger partial charge on any atom is -0.469 e. The number of unbranched alkanes of at least 4 members (excludes halogenated alkanes) is 7. The molecule has 128 valence electrons. The molecule has 0 aromatic heterocycles. The lowest BCUT2D eigenvalue weighted by molar-refractivity contribution is -0.140. The summed E-state index contributed by atoms with van der Waals surface area (Å²) in [7, 11) is 1.45. The van der Waals surface area contributed by atoms with Crippen molar-refractivity contribution in [2.75, 3.05) is 7.11 Å². The zero-order chi connectivity index (χ0) is 16.0. The molecule has 0 bridgehead atoms. The molecule has 0 aliphatic carbocycles. The first kappa shape index (κ1) is 19.2. The quantitative estimate of drug-likeness (QED) is 0.192. The van der Waals surface area contributed by atoms with E-state index in [4.69, 9.17) is 4.74 Å². The van der Waals surface area contributed by atoms with Crippen LogP contribution in [0.25, 0.3) is 0 Å². The maximum Gasteiger partial charge on any atom is 0.305 e. The van der Waals surface area contributed by atoms with Gasteiger partial charge in [-0.3, -0.25) is 4.79 Å². The van der Waals surface area contributed by atoms with Gasteiger partial charge in [-0.15, -0.1) is 0 Å². The van der Waals surface area contributed by atoms with E-state index in [1.807, 2.05) is 0 Å². The number of allylic oxidation sites excluding steroid dienone is 1. The molecule has 0 radical (unpaired) electrons. The Hall–Kier alpha value is -0.830. The van der Waals surface area contributed by atoms with E-state index >= 15 is 0 Å². The highest BCUT2D eigenvalue weighted by molar-refractivity contribution is 5.68. The van der Waals surface area contributed by atoms with E-state index in [1.54, 1.807) is 0 Å². The second-order valence-corrected chi connectivity index (χ2v) is 6.30. The molecule has 2 unspecified atom stereocenters. The van der Waals surface area contributed by atoms with Gasteiger partial charge < -0.3 is 9.47 Å². The van der Waals surface area contributed by atoms with Crippen molar-refractivity contribution in [3.05, 3.63) is 12.2 Å². The summed E-state index contributed by atoms with van der Waals surface area (Å²) in [5, 5.41) is 0. The van der Waals surface area contributed by atoms with Crippen LogP contribution in [0.4, 0.5) is 0 Å². The average molecular weight is 310 g/mol. The Kier molecular flexibility index (Phi) is 11.1. The summed E-state index contributed by atoms with van der Waals surface area (Å²) >= 11 is 0. The number of esters is 1. The van der Waals surface area contributed by atoms with Gasteiger partial charge in [0.2, 0.25) is 0 Å². The van der Waals surface area contributed by atoms with Gasteiger partial charge in [0, 0.05) is 6.42 Å². The van der Waals surface area contributed by atoms with Crippen molar-refractivity contribution in [3.8, 4) is 0 Å². The molecule has 22 heavy (non-hydrogen) atoms. The minimum absolute atomic E-state index is 0.0861. The number of carbonyl (C=O) groups excluding carboxylic acids is 1. The Morgan fingerprint density at radius 2 is 1.77 bits per heavy atom. The van der Waals surface area contributed by atoms with E-state index in [0.717, 1.165) is 19.3 Å². The first-order valence-corrected chi connectivity index (χ1v) is 9.15. The van der Waals surface area contributed by atoms with E-state index in [-0.39, 0.29) is 5.97 Å². The second kappa shape index (κ2) is 12.7. The number of hydrogen-bond donors (Lipinski definition) is 0. The number of ether oxygens (including phenoxy) is 2. The summed E-state index contributed by atoms with van der Waals surface area (Å²) in [6, 6.07) is 0. The van der Waals surface area contributed by atoms with Crippen LogP contribution in [-0.4, -0.2) is 25.3 Å². The Labute approximate surface area is 136 Å². The molecular formula is C19H34O3. The maximum atomic E-state index is 10.9. The van der Waals surface area contributed by atoms with Gasteiger partial charge in [-0.25, -0.2) is 0 Å². The largest absolute Gasteiger partial charge is 0.469 e. The molecule has 1 saturated heterocycles. The molecule has 0 aromatic rings. The highest BCUT2D eigenvalue weighted by Gasteiger charge is 2.36. The smallest absolute Gasteiger partial charge is 0.305 e. The normalized spacial score (nSPS) is 20.5. The third-order valence-electron chi connectivity index (χ3n) is 4.29. The molecule has 2 atom stereocenters. The van der Waals surface area contributed by atoms with Gasteiger partial charge in [0.05, 0.1) is 19.3 Å². The molecule has 0 N–H and O–H groups in total. The highest BCUT2D eigenvalue weighted by Crippen LogP contribution is 2.30. The van der Waals surface area contributed by atoms with Crippen molar-refractivity contribution < 1.29 is 14.3 Å². The summed E-state index contributed by atoms with van der Waals surface area (Å²) in [6.07, 6.45) is 19.4. The molecule has 3 heteroatoms. The van der Waals surface area contributed by atoms with Crippen LogP contribution >= 0.6 is 0 Å². The summed E-state index contributed by atoms with van der Waals surface area (Å²) in [5.74, 6) is -0.0861. The van der Waals surface area contributed by atoms with E-state index in [2.05, 4.69) is 23.8 Å². The van der Waals surface area contributed by atoms with Crippen molar-refractivity contribution in [2.45, 2.75) is 96.2 Å². The molecule has 0 amide bonds. The average Bonchev–Trinajstić information content (AvgIpc) is 3.28. The van der Waals surface area contributed by atoms with Crippen LogP contribution in [-0.2, 0) is 14.3 Å². The summed E-state index contributed by atoms with van der Waals surface area (Å²) < 4.78 is 10.3. The van der Waals surface area contributed by atoms with Crippen LogP contribution in [0.2, 0.25) is 0 Å². The van der Waals surface area contributed by atoms with Crippen molar-refractivity contribution in [1.29, 1.82) is 0 Å². The van der Waals surface area contributed by atoms with Crippen molar-refractivity contribution in [3.63, 3.8) is 0 Å². The lowest BCUT2D eigenvalue weighted by Gasteiger charge is -2.00. The van der Waals surface area contributed by atoms with Crippen LogP contribution < -0.4 is 0 Å². The van der Waals surface area contributed by atoms with Gasteiger partial charge in [-0.2, -0.15) is 0 Å². The third-order valence-corrected chi connectivity index (χ3v) is 4.29. The highest BCUT2D eigenvalue weighted by atomic mass is 16.6. The van der Waals surface area contributed by atoms with Crippen molar-refractivity contribution in [1.82, 2.24) is 0 Å². The summed E-state index contributed by atoms with van der Waals surface area (Å²) in [5.41, 5.74) is 0. The summed E-state index contributed by atoms with van der Waals surface area (Å²) in [6.45, 7) is 2.24. The Morgan fingerprint density at radius 1 is 1.00 bits per heavy atom. The Balaban J connectivity index is 1.83. The number of rotatable bonds is 14.